The van der Waals surface area contributed by atoms with Gasteiger partial charge in [-0.2, -0.15) is 4.98 Å². The molecule has 1 atom stereocenters. The number of nitrogens with zero attached hydrogens (tertiary/aromatic N) is 4. The van der Waals surface area contributed by atoms with Gasteiger partial charge < -0.3 is 8.94 Å². The Morgan fingerprint density at radius 3 is 2.76 bits per heavy atom. The number of benzene rings is 1. The smallest absolute Gasteiger partial charge is 0.262 e. The largest absolute Gasteiger partial charge is 0.461 e. The van der Waals surface area contributed by atoms with E-state index >= 15 is 0 Å². The molecule has 0 N–H and O–H groups in total. The van der Waals surface area contributed by atoms with Gasteiger partial charge in [-0.1, -0.05) is 42.4 Å². The van der Waals surface area contributed by atoms with Gasteiger partial charge in [0.05, 0.1) is 22.4 Å². The third-order valence-electron chi connectivity index (χ3n) is 4.24. The highest BCUT2D eigenvalue weighted by Gasteiger charge is 2.21. The SMILES string of the molecule is CC(C)Cn1c(S[C@@H](C)c2nc(-c3ccco3)no2)nc2ccc(Cl)cc2c1=O. The first-order chi connectivity index (χ1) is 13.9. The lowest BCUT2D eigenvalue weighted by Gasteiger charge is -2.16. The Balaban J connectivity index is 1.71. The van der Waals surface area contributed by atoms with E-state index in [0.29, 0.717) is 45.1 Å². The van der Waals surface area contributed by atoms with Gasteiger partial charge in [-0.3, -0.25) is 9.36 Å². The summed E-state index contributed by atoms with van der Waals surface area (Å²) in [6.45, 7) is 6.59. The van der Waals surface area contributed by atoms with Crippen LogP contribution in [0.15, 0.2) is 55.5 Å². The minimum Gasteiger partial charge on any atom is -0.461 e. The van der Waals surface area contributed by atoms with Crippen LogP contribution in [0.1, 0.15) is 31.9 Å². The van der Waals surface area contributed by atoms with E-state index in [-0.39, 0.29) is 16.7 Å². The number of fused-ring (bicyclic) bond motifs is 1. The summed E-state index contributed by atoms with van der Waals surface area (Å²) in [5, 5.41) is 5.39. The molecule has 150 valence electrons. The molecule has 0 spiro atoms. The van der Waals surface area contributed by atoms with Crippen LogP contribution in [0, 0.1) is 5.92 Å². The topological polar surface area (TPSA) is 86.9 Å². The second-order valence-corrected chi connectivity index (χ2v) is 8.80. The molecule has 0 aliphatic rings. The van der Waals surface area contributed by atoms with Gasteiger partial charge in [0.25, 0.3) is 5.56 Å². The Bertz CT molecular complexity index is 1200. The van der Waals surface area contributed by atoms with Crippen molar-refractivity contribution in [3.05, 3.63) is 57.9 Å². The fraction of sp³-hybridized carbons (Fsp3) is 0.300. The van der Waals surface area contributed by atoms with E-state index < -0.39 is 0 Å². The van der Waals surface area contributed by atoms with Crippen molar-refractivity contribution in [3.63, 3.8) is 0 Å². The van der Waals surface area contributed by atoms with Gasteiger partial charge in [-0.25, -0.2) is 4.98 Å². The minimum atomic E-state index is -0.207. The average molecular weight is 431 g/mol. The highest BCUT2D eigenvalue weighted by Crippen LogP contribution is 2.34. The van der Waals surface area contributed by atoms with Crippen LogP contribution in [-0.2, 0) is 6.54 Å². The lowest BCUT2D eigenvalue weighted by molar-refractivity contribution is 0.379. The van der Waals surface area contributed by atoms with Crippen LogP contribution >= 0.6 is 23.4 Å². The van der Waals surface area contributed by atoms with Gasteiger partial charge in [-0.15, -0.1) is 0 Å². The Morgan fingerprint density at radius 2 is 2.03 bits per heavy atom. The highest BCUT2D eigenvalue weighted by atomic mass is 35.5. The molecule has 3 aromatic heterocycles. The standard InChI is InChI=1S/C20H19ClN4O3S/c1-11(2)10-25-19(26)14-9-13(21)6-7-15(14)22-20(25)29-12(3)18-23-17(24-28-18)16-5-4-8-27-16/h4-9,11-12H,10H2,1-3H3/t12-/m0/s1. The van der Waals surface area contributed by atoms with Crippen LogP contribution in [0.4, 0.5) is 0 Å². The van der Waals surface area contributed by atoms with Crippen LogP contribution in [0.25, 0.3) is 22.5 Å². The van der Waals surface area contributed by atoms with Crippen molar-refractivity contribution in [2.24, 2.45) is 5.92 Å². The summed E-state index contributed by atoms with van der Waals surface area (Å²) >= 11 is 7.48. The van der Waals surface area contributed by atoms with Crippen LogP contribution in [-0.4, -0.2) is 19.7 Å². The van der Waals surface area contributed by atoms with Crippen molar-refractivity contribution >= 4 is 34.3 Å². The zero-order valence-electron chi connectivity index (χ0n) is 16.1. The van der Waals surface area contributed by atoms with E-state index in [0.717, 1.165) is 0 Å². The first-order valence-corrected chi connectivity index (χ1v) is 10.4. The molecule has 0 unspecified atom stereocenters. The van der Waals surface area contributed by atoms with Crippen LogP contribution in [0.3, 0.4) is 0 Å². The quantitative estimate of drug-likeness (QED) is 0.306. The summed E-state index contributed by atoms with van der Waals surface area (Å²) in [4.78, 5) is 22.2. The molecule has 0 saturated heterocycles. The van der Waals surface area contributed by atoms with Crippen molar-refractivity contribution in [2.45, 2.75) is 37.7 Å². The summed E-state index contributed by atoms with van der Waals surface area (Å²) in [5.41, 5.74) is 0.499. The van der Waals surface area contributed by atoms with Crippen LogP contribution < -0.4 is 5.56 Å². The molecular formula is C20H19ClN4O3S. The number of hydrogen-bond acceptors (Lipinski definition) is 7. The second kappa shape index (κ2) is 8.04. The maximum absolute atomic E-state index is 13.1. The second-order valence-electron chi connectivity index (χ2n) is 7.06. The van der Waals surface area contributed by atoms with Crippen molar-refractivity contribution < 1.29 is 8.94 Å². The van der Waals surface area contributed by atoms with Gasteiger partial charge in [0.2, 0.25) is 11.7 Å². The first kappa shape index (κ1) is 19.7. The van der Waals surface area contributed by atoms with Gasteiger partial charge in [-0.05, 0) is 43.2 Å². The van der Waals surface area contributed by atoms with Crippen molar-refractivity contribution in [1.82, 2.24) is 19.7 Å². The normalized spacial score (nSPS) is 12.7. The molecule has 0 amide bonds. The molecule has 4 rings (SSSR count). The van der Waals surface area contributed by atoms with Crippen molar-refractivity contribution in [2.75, 3.05) is 0 Å². The van der Waals surface area contributed by atoms with E-state index in [1.54, 1.807) is 41.2 Å². The number of thioether (sulfide) groups is 1. The van der Waals surface area contributed by atoms with Gasteiger partial charge in [0.1, 0.15) is 0 Å². The number of aromatic nitrogens is 4. The average Bonchev–Trinajstić information content (AvgIpc) is 3.36. The monoisotopic (exact) mass is 430 g/mol. The van der Waals surface area contributed by atoms with E-state index in [4.69, 9.17) is 25.5 Å². The molecule has 0 fully saturated rings. The number of halogens is 1. The molecule has 7 nitrogen and oxygen atoms in total. The summed E-state index contributed by atoms with van der Waals surface area (Å²) < 4.78 is 12.4. The zero-order chi connectivity index (χ0) is 20.5. The molecular weight excluding hydrogens is 412 g/mol. The van der Waals surface area contributed by atoms with Gasteiger partial charge in [0, 0.05) is 11.6 Å². The maximum atomic E-state index is 13.1. The zero-order valence-corrected chi connectivity index (χ0v) is 17.7. The molecule has 3 heterocycles. The molecule has 1 aromatic carbocycles. The number of rotatable bonds is 6. The Kier molecular flexibility index (Phi) is 5.47. The van der Waals surface area contributed by atoms with E-state index in [2.05, 4.69) is 24.0 Å². The molecule has 29 heavy (non-hydrogen) atoms. The van der Waals surface area contributed by atoms with Gasteiger partial charge >= 0.3 is 0 Å². The summed E-state index contributed by atoms with van der Waals surface area (Å²) in [6.07, 6.45) is 1.55. The predicted octanol–water partition coefficient (Wildman–Crippen LogP) is 5.20. The molecule has 0 radical (unpaired) electrons. The minimum absolute atomic E-state index is 0.109. The Hall–Kier alpha value is -2.58. The Morgan fingerprint density at radius 1 is 1.21 bits per heavy atom. The van der Waals surface area contributed by atoms with Crippen LogP contribution in [0.2, 0.25) is 5.02 Å². The fourth-order valence-electron chi connectivity index (χ4n) is 2.90. The van der Waals surface area contributed by atoms with E-state index in [1.165, 1.54) is 11.8 Å². The van der Waals surface area contributed by atoms with E-state index in [9.17, 15) is 4.79 Å². The van der Waals surface area contributed by atoms with Crippen LogP contribution in [0.5, 0.6) is 0 Å². The van der Waals surface area contributed by atoms with Gasteiger partial charge in [0.15, 0.2) is 10.9 Å². The lowest BCUT2D eigenvalue weighted by Crippen LogP contribution is -2.25. The maximum Gasteiger partial charge on any atom is 0.262 e. The first-order valence-electron chi connectivity index (χ1n) is 9.16. The number of furan rings is 1. The molecule has 9 heteroatoms. The fourth-order valence-corrected chi connectivity index (χ4v) is 4.02. The molecule has 0 saturated carbocycles. The van der Waals surface area contributed by atoms with Crippen molar-refractivity contribution in [1.29, 1.82) is 0 Å². The molecule has 0 aliphatic carbocycles. The summed E-state index contributed by atoms with van der Waals surface area (Å²) in [7, 11) is 0. The number of hydrogen-bond donors (Lipinski definition) is 0. The third kappa shape index (κ3) is 4.09. The molecule has 4 aromatic rings. The summed E-state index contributed by atoms with van der Waals surface area (Å²) in [6, 6.07) is 8.68. The highest BCUT2D eigenvalue weighted by molar-refractivity contribution is 7.99. The third-order valence-corrected chi connectivity index (χ3v) is 5.55. The molecule has 0 bridgehead atoms. The van der Waals surface area contributed by atoms with Crippen molar-refractivity contribution in [3.8, 4) is 11.6 Å². The lowest BCUT2D eigenvalue weighted by atomic mass is 10.2. The Labute approximate surface area is 176 Å². The van der Waals surface area contributed by atoms with E-state index in [1.807, 2.05) is 6.92 Å². The predicted molar refractivity (Wildman–Crippen MR) is 112 cm³/mol. The molecule has 0 aliphatic heterocycles. The summed E-state index contributed by atoms with van der Waals surface area (Å²) in [5.74, 6) is 1.63.